The van der Waals surface area contributed by atoms with Crippen LogP contribution >= 0.6 is 24.8 Å². The highest BCUT2D eigenvalue weighted by Crippen LogP contribution is 2.23. The highest BCUT2D eigenvalue weighted by Gasteiger charge is 2.09. The van der Waals surface area contributed by atoms with Gasteiger partial charge in [-0.1, -0.05) is 13.3 Å². The number of aryl methyl sites for hydroxylation is 2. The molecule has 0 saturated heterocycles. The van der Waals surface area contributed by atoms with Gasteiger partial charge in [0.05, 0.1) is 0 Å². The zero-order valence-electron chi connectivity index (χ0n) is 10.8. The van der Waals surface area contributed by atoms with E-state index in [-0.39, 0.29) is 24.8 Å². The molecule has 5 heteroatoms. The summed E-state index contributed by atoms with van der Waals surface area (Å²) in [5.74, 6) is 0. The van der Waals surface area contributed by atoms with Gasteiger partial charge in [0, 0.05) is 30.9 Å². The smallest absolute Gasteiger partial charge is 0.140 e. The average molecular weight is 290 g/mol. The second-order valence-electron chi connectivity index (χ2n) is 4.23. The molecule has 2 N–H and O–H groups in total. The van der Waals surface area contributed by atoms with Crippen molar-refractivity contribution in [1.82, 2.24) is 9.55 Å². The maximum atomic E-state index is 5.79. The van der Waals surface area contributed by atoms with Crippen LogP contribution in [0.3, 0.4) is 0 Å². The zero-order valence-corrected chi connectivity index (χ0v) is 12.5. The zero-order chi connectivity index (χ0) is 11.5. The predicted octanol–water partition coefficient (Wildman–Crippen LogP) is 3.45. The molecule has 2 aromatic rings. The molecule has 0 fully saturated rings. The van der Waals surface area contributed by atoms with Crippen LogP contribution in [0, 0.1) is 6.92 Å². The first-order chi connectivity index (χ1) is 7.77. The van der Waals surface area contributed by atoms with Crippen molar-refractivity contribution in [1.29, 1.82) is 0 Å². The summed E-state index contributed by atoms with van der Waals surface area (Å²) in [7, 11) is 0. The van der Waals surface area contributed by atoms with Crippen molar-refractivity contribution in [3.8, 4) is 0 Å². The first-order valence-electron chi connectivity index (χ1n) is 5.91. The van der Waals surface area contributed by atoms with Crippen LogP contribution in [-0.4, -0.2) is 9.55 Å². The Morgan fingerprint density at radius 2 is 2.06 bits per heavy atom. The van der Waals surface area contributed by atoms with Gasteiger partial charge < -0.3 is 10.3 Å². The van der Waals surface area contributed by atoms with Gasteiger partial charge >= 0.3 is 0 Å². The largest absolute Gasteiger partial charge is 0.332 e. The lowest BCUT2D eigenvalue weighted by molar-refractivity contribution is 0.644. The predicted molar refractivity (Wildman–Crippen MR) is 81.8 cm³/mol. The number of nitrogens with zero attached hydrogens (tertiary/aromatic N) is 2. The van der Waals surface area contributed by atoms with Crippen LogP contribution < -0.4 is 5.73 Å². The van der Waals surface area contributed by atoms with Gasteiger partial charge in [-0.15, -0.1) is 24.8 Å². The number of pyridine rings is 1. The minimum atomic E-state index is 0. The van der Waals surface area contributed by atoms with Crippen molar-refractivity contribution in [2.45, 2.75) is 39.8 Å². The Morgan fingerprint density at radius 3 is 2.67 bits per heavy atom. The summed E-state index contributed by atoms with van der Waals surface area (Å²) in [6.45, 7) is 5.94. The Labute approximate surface area is 121 Å². The second kappa shape index (κ2) is 7.62. The lowest BCUT2D eigenvalue weighted by atomic mass is 10.1. The molecule has 0 unspecified atom stereocenters. The summed E-state index contributed by atoms with van der Waals surface area (Å²) in [4.78, 5) is 4.47. The van der Waals surface area contributed by atoms with Gasteiger partial charge in [0.2, 0.25) is 0 Å². The van der Waals surface area contributed by atoms with Gasteiger partial charge in [-0.2, -0.15) is 0 Å². The van der Waals surface area contributed by atoms with Crippen molar-refractivity contribution in [2.75, 3.05) is 0 Å². The normalized spacial score (nSPS) is 9.94. The molecule has 0 aliphatic carbocycles. The van der Waals surface area contributed by atoms with Gasteiger partial charge in [0.15, 0.2) is 0 Å². The Bertz CT molecular complexity index is 494. The van der Waals surface area contributed by atoms with Crippen molar-refractivity contribution in [3.63, 3.8) is 0 Å². The lowest BCUT2D eigenvalue weighted by Crippen LogP contribution is -1.97. The molecule has 0 spiro atoms. The van der Waals surface area contributed by atoms with E-state index in [1.807, 2.05) is 12.3 Å². The van der Waals surface area contributed by atoms with E-state index < -0.39 is 0 Å². The molecule has 0 amide bonds. The highest BCUT2D eigenvalue weighted by molar-refractivity contribution is 5.85. The fraction of sp³-hybridized carbons (Fsp3) is 0.462. The third-order valence-corrected chi connectivity index (χ3v) is 3.02. The monoisotopic (exact) mass is 289 g/mol. The molecule has 0 bridgehead atoms. The van der Waals surface area contributed by atoms with Crippen LogP contribution in [0.4, 0.5) is 0 Å². The van der Waals surface area contributed by atoms with Crippen LogP contribution in [0.15, 0.2) is 18.5 Å². The van der Waals surface area contributed by atoms with E-state index in [0.717, 1.165) is 12.2 Å². The molecular weight excluding hydrogens is 269 g/mol. The minimum Gasteiger partial charge on any atom is -0.332 e. The highest BCUT2D eigenvalue weighted by atomic mass is 35.5. The molecule has 0 aliphatic heterocycles. The molecule has 0 aliphatic rings. The van der Waals surface area contributed by atoms with Crippen molar-refractivity contribution < 1.29 is 0 Å². The van der Waals surface area contributed by atoms with E-state index in [1.54, 1.807) is 0 Å². The van der Waals surface area contributed by atoms with Gasteiger partial charge in [0.25, 0.3) is 0 Å². The summed E-state index contributed by atoms with van der Waals surface area (Å²) in [5, 5.41) is 1.24. The summed E-state index contributed by atoms with van der Waals surface area (Å²) in [6.07, 6.45) is 6.41. The molecule has 0 radical (unpaired) electrons. The van der Waals surface area contributed by atoms with Crippen LogP contribution in [0.5, 0.6) is 0 Å². The van der Waals surface area contributed by atoms with E-state index in [1.165, 1.54) is 29.4 Å². The summed E-state index contributed by atoms with van der Waals surface area (Å²) >= 11 is 0. The topological polar surface area (TPSA) is 43.8 Å². The third-order valence-electron chi connectivity index (χ3n) is 3.02. The van der Waals surface area contributed by atoms with E-state index in [4.69, 9.17) is 5.73 Å². The number of hydrogen-bond donors (Lipinski definition) is 1. The Kier molecular flexibility index (Phi) is 7.29. The molecule has 0 saturated carbocycles. The average Bonchev–Trinajstić information content (AvgIpc) is 2.66. The van der Waals surface area contributed by atoms with E-state index >= 15 is 0 Å². The number of hydrogen-bond acceptors (Lipinski definition) is 2. The molecule has 102 valence electrons. The standard InChI is InChI=1S/C13H19N3.2ClH/c1-3-4-7-16-9-11(8-14)12-10(2)5-6-15-13(12)16;;/h5-6,9H,3-4,7-8,14H2,1-2H3;2*1H. The fourth-order valence-corrected chi connectivity index (χ4v) is 2.13. The summed E-state index contributed by atoms with van der Waals surface area (Å²) in [5.41, 5.74) is 9.33. The second-order valence-corrected chi connectivity index (χ2v) is 4.23. The molecule has 0 aromatic carbocycles. The van der Waals surface area contributed by atoms with Gasteiger partial charge in [0.1, 0.15) is 5.65 Å². The van der Waals surface area contributed by atoms with Gasteiger partial charge in [-0.05, 0) is 30.5 Å². The Balaban J connectivity index is 0.00000144. The van der Waals surface area contributed by atoms with E-state index in [9.17, 15) is 0 Å². The number of halogens is 2. The SMILES string of the molecule is CCCCn1cc(CN)c2c(C)ccnc21.Cl.Cl. The van der Waals surface area contributed by atoms with Crippen molar-refractivity contribution in [2.24, 2.45) is 5.73 Å². The molecule has 2 heterocycles. The molecule has 2 aromatic heterocycles. The Morgan fingerprint density at radius 1 is 1.33 bits per heavy atom. The maximum Gasteiger partial charge on any atom is 0.140 e. The molecule has 18 heavy (non-hydrogen) atoms. The maximum absolute atomic E-state index is 5.79. The van der Waals surface area contributed by atoms with Crippen LogP contribution in [-0.2, 0) is 13.1 Å². The van der Waals surface area contributed by atoms with Gasteiger partial charge in [-0.25, -0.2) is 4.98 Å². The first kappa shape index (κ1) is 17.2. The van der Waals surface area contributed by atoms with Crippen LogP contribution in [0.25, 0.3) is 11.0 Å². The molecule has 3 nitrogen and oxygen atoms in total. The van der Waals surface area contributed by atoms with Crippen molar-refractivity contribution in [3.05, 3.63) is 29.6 Å². The van der Waals surface area contributed by atoms with Crippen LogP contribution in [0.2, 0.25) is 0 Å². The van der Waals surface area contributed by atoms with Crippen molar-refractivity contribution >= 4 is 35.8 Å². The molecule has 2 rings (SSSR count). The summed E-state index contributed by atoms with van der Waals surface area (Å²) < 4.78 is 2.23. The number of aromatic nitrogens is 2. The van der Waals surface area contributed by atoms with Gasteiger partial charge in [-0.3, -0.25) is 0 Å². The van der Waals surface area contributed by atoms with Crippen LogP contribution in [0.1, 0.15) is 30.9 Å². The molecule has 0 atom stereocenters. The number of fused-ring (bicyclic) bond motifs is 1. The quantitative estimate of drug-likeness (QED) is 0.937. The first-order valence-corrected chi connectivity index (χ1v) is 5.91. The minimum absolute atomic E-state index is 0. The fourth-order valence-electron chi connectivity index (χ4n) is 2.13. The summed E-state index contributed by atoms with van der Waals surface area (Å²) in [6, 6.07) is 2.05. The third kappa shape index (κ3) is 3.16. The number of nitrogens with two attached hydrogens (primary N) is 1. The van der Waals surface area contributed by atoms with E-state index in [2.05, 4.69) is 29.6 Å². The number of unbranched alkanes of at least 4 members (excludes halogenated alkanes) is 1. The number of rotatable bonds is 4. The van der Waals surface area contributed by atoms with E-state index in [0.29, 0.717) is 6.54 Å². The molecular formula is C13H21Cl2N3. The lowest BCUT2D eigenvalue weighted by Gasteiger charge is -2.03. The Hall–Kier alpha value is -0.770.